The van der Waals surface area contributed by atoms with E-state index in [9.17, 15) is 40.9 Å². The Bertz CT molecular complexity index is 2820. The summed E-state index contributed by atoms with van der Waals surface area (Å²) >= 11 is 0. The number of allylic oxidation sites excluding steroid dienone is 1. The molecular formula is C42H29BO9. The zero-order valence-corrected chi connectivity index (χ0v) is 27.6. The third-order valence-corrected chi connectivity index (χ3v) is 10.4. The smallest absolute Gasteiger partial charge is 0.208 e. The van der Waals surface area contributed by atoms with E-state index in [4.69, 9.17) is 4.42 Å². The van der Waals surface area contributed by atoms with Crippen molar-refractivity contribution < 1.29 is 45.3 Å². The fourth-order valence-corrected chi connectivity index (χ4v) is 7.92. The molecule has 1 aliphatic carbocycles. The SMILES string of the molecule is Bc1c(O)c(O)c(O)c(-c2c3ccccc3c(-c3ccc4c(c3)oc3c5c(ccc34)CCC=C5)c3ccccc23)c1-c1c(O)c(O)c(O)c(O)c1O. The van der Waals surface area contributed by atoms with Crippen LogP contribution in [0.2, 0.25) is 0 Å². The highest BCUT2D eigenvalue weighted by atomic mass is 16.4. The topological polar surface area (TPSA) is 175 Å². The maximum absolute atomic E-state index is 11.7. The van der Waals surface area contributed by atoms with Gasteiger partial charge in [-0.3, -0.25) is 0 Å². The van der Waals surface area contributed by atoms with E-state index in [-0.39, 0.29) is 16.6 Å². The summed E-state index contributed by atoms with van der Waals surface area (Å²) in [5.74, 6) is -7.88. The monoisotopic (exact) mass is 688 g/mol. The highest BCUT2D eigenvalue weighted by Crippen LogP contribution is 2.59. The van der Waals surface area contributed by atoms with Gasteiger partial charge in [-0.2, -0.15) is 0 Å². The van der Waals surface area contributed by atoms with E-state index in [1.807, 2.05) is 54.6 Å². The van der Waals surface area contributed by atoms with Crippen molar-refractivity contribution in [2.24, 2.45) is 0 Å². The number of fused-ring (bicyclic) bond motifs is 7. The van der Waals surface area contributed by atoms with Gasteiger partial charge in [0.25, 0.3) is 0 Å². The Kier molecular flexibility index (Phi) is 6.59. The number of hydrogen-bond acceptors (Lipinski definition) is 9. The Morgan fingerprint density at radius 2 is 1.02 bits per heavy atom. The van der Waals surface area contributed by atoms with Gasteiger partial charge in [-0.1, -0.05) is 78.9 Å². The van der Waals surface area contributed by atoms with Crippen molar-refractivity contribution >= 4 is 62.9 Å². The van der Waals surface area contributed by atoms with Gasteiger partial charge in [0.2, 0.25) is 17.2 Å². The van der Waals surface area contributed by atoms with Crippen LogP contribution in [0.3, 0.4) is 0 Å². The number of hydrogen-bond donors (Lipinski definition) is 8. The quantitative estimate of drug-likeness (QED) is 0.0399. The van der Waals surface area contributed by atoms with Gasteiger partial charge in [0.05, 0.1) is 5.56 Å². The highest BCUT2D eigenvalue weighted by Gasteiger charge is 2.33. The van der Waals surface area contributed by atoms with E-state index >= 15 is 0 Å². The molecule has 0 atom stereocenters. The first-order chi connectivity index (χ1) is 25.1. The Balaban J connectivity index is 1.40. The summed E-state index contributed by atoms with van der Waals surface area (Å²) in [5.41, 5.74) is 4.94. The predicted octanol–water partition coefficient (Wildman–Crippen LogP) is 7.76. The zero-order chi connectivity index (χ0) is 36.2. The molecular weight excluding hydrogens is 659 g/mol. The summed E-state index contributed by atoms with van der Waals surface area (Å²) in [5, 5.41) is 91.7. The molecule has 0 saturated heterocycles. The third-order valence-electron chi connectivity index (χ3n) is 10.4. The van der Waals surface area contributed by atoms with Crippen LogP contribution in [0.25, 0.3) is 82.9 Å². The molecule has 9 nitrogen and oxygen atoms in total. The molecule has 254 valence electrons. The van der Waals surface area contributed by atoms with Crippen molar-refractivity contribution in [3.8, 4) is 79.4 Å². The molecule has 0 radical (unpaired) electrons. The molecule has 52 heavy (non-hydrogen) atoms. The van der Waals surface area contributed by atoms with Crippen molar-refractivity contribution in [1.29, 1.82) is 0 Å². The number of aryl methyl sites for hydroxylation is 1. The molecule has 0 saturated carbocycles. The summed E-state index contributed by atoms with van der Waals surface area (Å²) in [6, 6.07) is 25.2. The average molecular weight is 688 g/mol. The first kappa shape index (κ1) is 31.1. The Morgan fingerprint density at radius 1 is 0.481 bits per heavy atom. The fourth-order valence-electron chi connectivity index (χ4n) is 7.92. The lowest BCUT2D eigenvalue weighted by Gasteiger charge is -2.24. The van der Waals surface area contributed by atoms with Crippen LogP contribution in [-0.4, -0.2) is 48.7 Å². The molecule has 10 heteroatoms. The second kappa shape index (κ2) is 11.0. The number of rotatable bonds is 3. The predicted molar refractivity (Wildman–Crippen MR) is 204 cm³/mol. The molecule has 0 unspecified atom stereocenters. The van der Waals surface area contributed by atoms with E-state index in [1.165, 1.54) is 13.4 Å². The van der Waals surface area contributed by atoms with Gasteiger partial charge >= 0.3 is 0 Å². The molecule has 0 bridgehead atoms. The largest absolute Gasteiger partial charge is 0.505 e. The number of aromatic hydroxyl groups is 8. The van der Waals surface area contributed by atoms with Gasteiger partial charge in [0.15, 0.2) is 28.7 Å². The van der Waals surface area contributed by atoms with E-state index in [2.05, 4.69) is 24.3 Å². The van der Waals surface area contributed by atoms with Crippen LogP contribution in [0.1, 0.15) is 17.5 Å². The standard InChI is InChI=1S/C42H29BO9/c43-33-30(32-35(45)39(49)41(51)40(50)36(32)46)31(34(44)38(48)37(33)47)29-24-11-5-3-9-22(24)28(23-10-4-6-12-25(23)29)19-14-15-21-26-16-13-18-7-1-2-8-20(18)42(26)52-27(21)17-19/h2-6,8-17,44-51H,1,7,43H2. The third kappa shape index (κ3) is 4.12. The Morgan fingerprint density at radius 3 is 1.65 bits per heavy atom. The van der Waals surface area contributed by atoms with Crippen molar-refractivity contribution in [1.82, 2.24) is 0 Å². The number of benzene rings is 7. The second-order valence-corrected chi connectivity index (χ2v) is 13.1. The minimum atomic E-state index is -1.16. The van der Waals surface area contributed by atoms with Crippen LogP contribution >= 0.6 is 0 Å². The lowest BCUT2D eigenvalue weighted by atomic mass is 9.77. The summed E-state index contributed by atoms with van der Waals surface area (Å²) in [7, 11) is 1.38. The molecule has 7 aromatic carbocycles. The summed E-state index contributed by atoms with van der Waals surface area (Å²) in [6.45, 7) is 0. The van der Waals surface area contributed by atoms with E-state index in [1.54, 1.807) is 12.1 Å². The molecule has 8 aromatic rings. The van der Waals surface area contributed by atoms with Crippen LogP contribution in [0.4, 0.5) is 0 Å². The van der Waals surface area contributed by atoms with Crippen LogP contribution in [0.5, 0.6) is 46.0 Å². The maximum Gasteiger partial charge on any atom is 0.208 e. The molecule has 0 fully saturated rings. The van der Waals surface area contributed by atoms with Gasteiger partial charge < -0.3 is 45.3 Å². The average Bonchev–Trinajstić information content (AvgIpc) is 3.55. The summed E-state index contributed by atoms with van der Waals surface area (Å²) < 4.78 is 6.56. The van der Waals surface area contributed by atoms with Gasteiger partial charge in [0.1, 0.15) is 19.0 Å². The van der Waals surface area contributed by atoms with Gasteiger partial charge in [-0.05, 0) is 74.2 Å². The zero-order valence-electron chi connectivity index (χ0n) is 27.6. The second-order valence-electron chi connectivity index (χ2n) is 13.1. The van der Waals surface area contributed by atoms with E-state index in [0.717, 1.165) is 56.7 Å². The lowest BCUT2D eigenvalue weighted by Crippen LogP contribution is -2.11. The number of phenolic OH excluding ortho intramolecular Hbond substituents is 8. The molecule has 9 rings (SSSR count). The van der Waals surface area contributed by atoms with Crippen LogP contribution in [-0.2, 0) is 6.42 Å². The number of phenols is 8. The van der Waals surface area contributed by atoms with E-state index < -0.39 is 51.6 Å². The molecule has 1 aliphatic rings. The van der Waals surface area contributed by atoms with Crippen molar-refractivity contribution in [2.75, 3.05) is 0 Å². The maximum atomic E-state index is 11.7. The van der Waals surface area contributed by atoms with Gasteiger partial charge in [0, 0.05) is 27.5 Å². The molecule has 1 aromatic heterocycles. The summed E-state index contributed by atoms with van der Waals surface area (Å²) in [6.07, 6.45) is 6.23. The first-order valence-corrected chi connectivity index (χ1v) is 16.6. The van der Waals surface area contributed by atoms with Crippen LogP contribution in [0.15, 0.2) is 89.4 Å². The minimum absolute atomic E-state index is 0.106. The fraction of sp³-hybridized carbons (Fsp3) is 0.0476. The van der Waals surface area contributed by atoms with Gasteiger partial charge in [-0.25, -0.2) is 0 Å². The van der Waals surface area contributed by atoms with Crippen LogP contribution < -0.4 is 5.46 Å². The lowest BCUT2D eigenvalue weighted by molar-refractivity contribution is 0.330. The first-order valence-electron chi connectivity index (χ1n) is 16.6. The highest BCUT2D eigenvalue weighted by molar-refractivity contribution is 6.41. The molecule has 1 heterocycles. The molecule has 8 N–H and O–H groups in total. The molecule has 0 aliphatic heterocycles. The Hall–Kier alpha value is -6.94. The van der Waals surface area contributed by atoms with Crippen molar-refractivity contribution in [3.05, 3.63) is 96.1 Å². The summed E-state index contributed by atoms with van der Waals surface area (Å²) in [4.78, 5) is 0. The van der Waals surface area contributed by atoms with Crippen molar-refractivity contribution in [2.45, 2.75) is 12.8 Å². The molecule has 0 amide bonds. The normalized spacial score (nSPS) is 12.7. The Labute approximate surface area is 295 Å². The van der Waals surface area contributed by atoms with Crippen LogP contribution in [0, 0.1) is 0 Å². The van der Waals surface area contributed by atoms with E-state index in [0.29, 0.717) is 21.9 Å². The molecule has 0 spiro atoms. The number of furan rings is 1. The van der Waals surface area contributed by atoms with Gasteiger partial charge in [-0.15, -0.1) is 0 Å². The minimum Gasteiger partial charge on any atom is -0.505 e. The van der Waals surface area contributed by atoms with Crippen molar-refractivity contribution in [3.63, 3.8) is 0 Å².